The van der Waals surface area contributed by atoms with Crippen molar-refractivity contribution in [1.82, 2.24) is 10.6 Å². The van der Waals surface area contributed by atoms with Gasteiger partial charge in [0.1, 0.15) is 17.8 Å². The number of hydrogen-bond donors (Lipinski definition) is 3. The number of methoxy groups -OCH3 is 4. The van der Waals surface area contributed by atoms with Crippen molar-refractivity contribution in [3.05, 3.63) is 57.4 Å². The van der Waals surface area contributed by atoms with E-state index < -0.39 is 65.7 Å². The third-order valence-corrected chi connectivity index (χ3v) is 9.46. The zero-order valence-corrected chi connectivity index (χ0v) is 30.7. The van der Waals surface area contributed by atoms with Gasteiger partial charge in [0.25, 0.3) is 12.4 Å². The second kappa shape index (κ2) is 20.0. The molecular formula is C35H48N2O12S. The Balaban J connectivity index is 2.74. The molecule has 2 bridgehead atoms. The molecule has 2 amide bonds. The smallest absolute Gasteiger partial charge is 0.329 e. The van der Waals surface area contributed by atoms with Gasteiger partial charge in [-0.15, -0.1) is 11.8 Å². The molecule has 3 N–H and O–H groups in total. The van der Waals surface area contributed by atoms with Crippen LogP contribution < -0.4 is 10.6 Å². The zero-order chi connectivity index (χ0) is 37.7. The number of ketones is 2. The topological polar surface area (TPSA) is 193 Å². The Labute approximate surface area is 296 Å². The Bertz CT molecular complexity index is 1460. The second-order valence-corrected chi connectivity index (χ2v) is 13.1. The number of nitrogens with one attached hydrogen (secondary N) is 2. The highest BCUT2D eigenvalue weighted by Crippen LogP contribution is 2.35. The molecule has 0 radical (unpaired) electrons. The zero-order valence-electron chi connectivity index (χ0n) is 29.9. The number of hydrogen-bond acceptors (Lipinski definition) is 13. The lowest BCUT2D eigenvalue weighted by molar-refractivity contribution is -0.144. The predicted molar refractivity (Wildman–Crippen MR) is 184 cm³/mol. The summed E-state index contributed by atoms with van der Waals surface area (Å²) in [5, 5.41) is 16.3. The highest BCUT2D eigenvalue weighted by atomic mass is 32.2. The quantitative estimate of drug-likeness (QED) is 0.129. The molecule has 7 atom stereocenters. The lowest BCUT2D eigenvalue weighted by Gasteiger charge is -2.30. The van der Waals surface area contributed by atoms with E-state index in [0.29, 0.717) is 12.0 Å². The first-order valence-corrected chi connectivity index (χ1v) is 16.9. The number of rotatable bonds is 10. The van der Waals surface area contributed by atoms with Crippen LogP contribution in [0.4, 0.5) is 0 Å². The molecule has 2 aliphatic rings. The van der Waals surface area contributed by atoms with E-state index in [9.17, 15) is 33.9 Å². The average Bonchev–Trinajstić information content (AvgIpc) is 3.08. The highest BCUT2D eigenvalue weighted by molar-refractivity contribution is 8.04. The Kier molecular flexibility index (Phi) is 16.8. The van der Waals surface area contributed by atoms with E-state index in [2.05, 4.69) is 10.6 Å². The number of Topliss-reactive ketones (excluding diaryl/α,β-unsaturated/α-hetero) is 2. The maximum absolute atomic E-state index is 14.2. The summed E-state index contributed by atoms with van der Waals surface area (Å²) in [6, 6.07) is -1.17. The van der Waals surface area contributed by atoms with Gasteiger partial charge >= 0.3 is 5.97 Å². The number of allylic oxidation sites excluding steroid dienone is 4. The molecule has 0 saturated heterocycles. The van der Waals surface area contributed by atoms with Crippen LogP contribution in [0.3, 0.4) is 0 Å². The normalized spacial score (nSPS) is 29.1. The van der Waals surface area contributed by atoms with Crippen molar-refractivity contribution in [2.75, 3.05) is 34.2 Å². The number of amides is 2. The molecule has 0 aromatic carbocycles. The molecule has 276 valence electrons. The van der Waals surface area contributed by atoms with Crippen LogP contribution in [-0.2, 0) is 52.5 Å². The average molecular weight is 721 g/mol. The van der Waals surface area contributed by atoms with Gasteiger partial charge in [0, 0.05) is 44.0 Å². The van der Waals surface area contributed by atoms with Crippen molar-refractivity contribution in [3.63, 3.8) is 0 Å². The van der Waals surface area contributed by atoms with E-state index >= 15 is 0 Å². The van der Waals surface area contributed by atoms with E-state index in [4.69, 9.17) is 23.7 Å². The van der Waals surface area contributed by atoms with Gasteiger partial charge in [0.05, 0.1) is 31.3 Å². The van der Waals surface area contributed by atoms with Crippen LogP contribution in [0.25, 0.3) is 0 Å². The molecule has 50 heavy (non-hydrogen) atoms. The van der Waals surface area contributed by atoms with Gasteiger partial charge in [0.15, 0.2) is 11.9 Å². The number of aliphatic hydroxyl groups excluding tert-OH is 1. The molecule has 0 spiro atoms. The Hall–Kier alpha value is -4.05. The van der Waals surface area contributed by atoms with Crippen molar-refractivity contribution < 1.29 is 57.6 Å². The number of esters is 1. The molecular weight excluding hydrogens is 672 g/mol. The van der Waals surface area contributed by atoms with Crippen molar-refractivity contribution in [1.29, 1.82) is 0 Å². The van der Waals surface area contributed by atoms with Crippen LogP contribution in [0.15, 0.2) is 57.4 Å². The Morgan fingerprint density at radius 1 is 1.10 bits per heavy atom. The van der Waals surface area contributed by atoms with Gasteiger partial charge in [-0.1, -0.05) is 38.2 Å². The molecule has 0 fully saturated rings. The predicted octanol–water partition coefficient (Wildman–Crippen LogP) is 2.22. The molecule has 1 heterocycles. The SMILES string of the molecule is COC(=O)[C@H](CSC1=C2NC(=O)/C(C)=C/C=C\[C@H](OC)[C@@H](OC=O)/C(C)=C/[C@H](C)[C@@H](O)[C@@H](OC)C[C@H](C)CC(=C(OC)C1=O)C2=O)NC(C)=O. The van der Waals surface area contributed by atoms with Gasteiger partial charge in [0.2, 0.25) is 17.5 Å². The molecule has 0 aromatic heterocycles. The van der Waals surface area contributed by atoms with Crippen LogP contribution in [0.2, 0.25) is 0 Å². The lowest BCUT2D eigenvalue weighted by atomic mass is 9.85. The third-order valence-electron chi connectivity index (χ3n) is 8.28. The van der Waals surface area contributed by atoms with Crippen molar-refractivity contribution in [3.8, 4) is 0 Å². The molecule has 0 saturated carbocycles. The molecule has 1 aliphatic carbocycles. The largest absolute Gasteiger partial charge is 0.492 e. The first kappa shape index (κ1) is 42.1. The van der Waals surface area contributed by atoms with E-state index in [-0.39, 0.29) is 52.0 Å². The van der Waals surface area contributed by atoms with Gasteiger partial charge in [-0.3, -0.25) is 24.0 Å². The number of fused-ring (bicyclic) bond motifs is 2. The monoisotopic (exact) mass is 720 g/mol. The van der Waals surface area contributed by atoms with Crippen LogP contribution in [-0.4, -0.2) is 106 Å². The van der Waals surface area contributed by atoms with Crippen molar-refractivity contribution in [2.24, 2.45) is 11.8 Å². The number of carbonyl (C=O) groups is 6. The van der Waals surface area contributed by atoms with Gasteiger partial charge in [-0.05, 0) is 38.2 Å². The molecule has 0 unspecified atom stereocenters. The first-order valence-electron chi connectivity index (χ1n) is 15.9. The first-order chi connectivity index (χ1) is 23.6. The summed E-state index contributed by atoms with van der Waals surface area (Å²) in [4.78, 5) is 77.0. The number of thioether (sulfide) groups is 1. The van der Waals surface area contributed by atoms with Crippen LogP contribution in [0.1, 0.15) is 47.5 Å². The van der Waals surface area contributed by atoms with Crippen molar-refractivity contribution >= 4 is 47.6 Å². The molecule has 2 rings (SSSR count). The minimum absolute atomic E-state index is 0.0143. The molecule has 14 nitrogen and oxygen atoms in total. The Morgan fingerprint density at radius 3 is 2.34 bits per heavy atom. The summed E-state index contributed by atoms with van der Waals surface area (Å²) >= 11 is 0.780. The van der Waals surface area contributed by atoms with E-state index in [1.165, 1.54) is 47.3 Å². The van der Waals surface area contributed by atoms with Gasteiger partial charge in [-0.2, -0.15) is 0 Å². The third kappa shape index (κ3) is 11.0. The molecule has 15 heteroatoms. The van der Waals surface area contributed by atoms with Gasteiger partial charge in [-0.25, -0.2) is 4.79 Å². The molecule has 0 aromatic rings. The number of carbonyl (C=O) groups excluding carboxylic acids is 6. The summed E-state index contributed by atoms with van der Waals surface area (Å²) in [6.07, 6.45) is 3.26. The van der Waals surface area contributed by atoms with Crippen LogP contribution >= 0.6 is 11.8 Å². The fourth-order valence-electron chi connectivity index (χ4n) is 5.64. The summed E-state index contributed by atoms with van der Waals surface area (Å²) in [5.41, 5.74) is 0.450. The van der Waals surface area contributed by atoms with Gasteiger partial charge < -0.3 is 39.4 Å². The van der Waals surface area contributed by atoms with E-state index in [1.807, 2.05) is 6.92 Å². The van der Waals surface area contributed by atoms with E-state index in [0.717, 1.165) is 18.9 Å². The fourth-order valence-corrected chi connectivity index (χ4v) is 6.71. The number of ether oxygens (including phenoxy) is 5. The summed E-state index contributed by atoms with van der Waals surface area (Å²) in [7, 11) is 5.27. The Morgan fingerprint density at radius 2 is 1.78 bits per heavy atom. The highest BCUT2D eigenvalue weighted by Gasteiger charge is 2.39. The van der Waals surface area contributed by atoms with Crippen molar-refractivity contribution in [2.45, 2.75) is 77.9 Å². The van der Waals surface area contributed by atoms with Crippen LogP contribution in [0.5, 0.6) is 0 Å². The summed E-state index contributed by atoms with van der Waals surface area (Å²) in [5.74, 6) is -4.61. The van der Waals surface area contributed by atoms with Crippen LogP contribution in [0, 0.1) is 11.8 Å². The maximum atomic E-state index is 14.2. The summed E-state index contributed by atoms with van der Waals surface area (Å²) < 4.78 is 26.8. The maximum Gasteiger partial charge on any atom is 0.329 e. The minimum atomic E-state index is -1.17. The lowest BCUT2D eigenvalue weighted by Crippen LogP contribution is -2.42. The minimum Gasteiger partial charge on any atom is -0.492 e. The second-order valence-electron chi connectivity index (χ2n) is 12.1. The summed E-state index contributed by atoms with van der Waals surface area (Å²) in [6.45, 7) is 8.36. The fraction of sp³-hybridized carbons (Fsp3) is 0.543. The van der Waals surface area contributed by atoms with E-state index in [1.54, 1.807) is 26.0 Å². The standard InChI is InChI=1S/C35H48N2O12S/c1-18-13-23-29(41)27(33(30(42)32(23)47-8)50-16-24(35(44)48-9)36-22(5)39)37-34(43)19(2)11-10-12-25(45-6)31(49-17-38)21(4)15-20(3)28(40)26(14-18)46-7/h10-12,15,17-18,20,24-26,28,31,40H,13-14,16H2,1-9H3,(H,36,39)(H,37,43)/b12-10-,19-11+,21-15+/t18-,20+,24+,25+,26+,28-,31+/m1/s1. The number of aliphatic hydroxyl groups is 1. The molecule has 1 aliphatic heterocycles.